The van der Waals surface area contributed by atoms with Crippen LogP contribution < -0.4 is 0 Å². The molecule has 0 saturated heterocycles. The predicted molar refractivity (Wildman–Crippen MR) is 43.8 cm³/mol. The second kappa shape index (κ2) is 4.03. The van der Waals surface area contributed by atoms with Gasteiger partial charge in [-0.1, -0.05) is 25.7 Å². The summed E-state index contributed by atoms with van der Waals surface area (Å²) in [5, 5.41) is 8.17. The van der Waals surface area contributed by atoms with Crippen LogP contribution in [0, 0.1) is 5.92 Å². The van der Waals surface area contributed by atoms with Gasteiger partial charge in [-0.2, -0.15) is 8.78 Å². The molecule has 4 heteroatoms. The van der Waals surface area contributed by atoms with Gasteiger partial charge in [-0.25, -0.2) is 4.79 Å². The molecule has 1 aliphatic rings. The van der Waals surface area contributed by atoms with Gasteiger partial charge in [-0.15, -0.1) is 0 Å². The average molecular weight is 192 g/mol. The Labute approximate surface area is 75.9 Å². The van der Waals surface area contributed by atoms with Crippen LogP contribution in [-0.4, -0.2) is 17.0 Å². The van der Waals surface area contributed by atoms with E-state index in [4.69, 9.17) is 5.11 Å². The van der Waals surface area contributed by atoms with E-state index < -0.39 is 18.3 Å². The van der Waals surface area contributed by atoms with Gasteiger partial charge in [0.1, 0.15) is 0 Å². The molecule has 0 heterocycles. The maximum Gasteiger partial charge on any atom is 0.374 e. The van der Waals surface area contributed by atoms with Crippen molar-refractivity contribution < 1.29 is 18.7 Å². The lowest BCUT2D eigenvalue weighted by Gasteiger charge is -2.13. The summed E-state index contributed by atoms with van der Waals surface area (Å²) in [6.07, 6.45) is 4.00. The predicted octanol–water partition coefficient (Wildman–Crippen LogP) is 2.68. The van der Waals surface area contributed by atoms with E-state index in [1.165, 1.54) is 0 Å². The van der Waals surface area contributed by atoms with Crippen LogP contribution in [0.4, 0.5) is 8.78 Å². The number of hydrogen-bond donors (Lipinski definition) is 1. The number of hydrogen-bond acceptors (Lipinski definition) is 1. The van der Waals surface area contributed by atoms with E-state index >= 15 is 0 Å². The lowest BCUT2D eigenvalue weighted by Crippen LogP contribution is -2.28. The summed E-state index contributed by atoms with van der Waals surface area (Å²) in [5.74, 6) is -5.20. The van der Waals surface area contributed by atoms with Gasteiger partial charge in [-0.05, 0) is 12.3 Å². The second-order valence-electron chi connectivity index (χ2n) is 3.70. The van der Waals surface area contributed by atoms with E-state index in [-0.39, 0.29) is 0 Å². The Morgan fingerprint density at radius 2 is 1.92 bits per heavy atom. The SMILES string of the molecule is O=C(O)C(F)(F)CCC1CCCC1. The Morgan fingerprint density at radius 3 is 2.38 bits per heavy atom. The van der Waals surface area contributed by atoms with Crippen molar-refractivity contribution >= 4 is 5.97 Å². The first-order valence-electron chi connectivity index (χ1n) is 4.63. The average Bonchev–Trinajstić information content (AvgIpc) is 2.52. The Morgan fingerprint density at radius 1 is 1.38 bits per heavy atom. The van der Waals surface area contributed by atoms with Crippen LogP contribution >= 0.6 is 0 Å². The van der Waals surface area contributed by atoms with Gasteiger partial charge in [0.25, 0.3) is 0 Å². The molecule has 1 N–H and O–H groups in total. The number of aliphatic carboxylic acids is 1. The second-order valence-corrected chi connectivity index (χ2v) is 3.70. The quantitative estimate of drug-likeness (QED) is 0.743. The van der Waals surface area contributed by atoms with Crippen LogP contribution in [0.2, 0.25) is 0 Å². The van der Waals surface area contributed by atoms with Crippen LogP contribution in [0.3, 0.4) is 0 Å². The van der Waals surface area contributed by atoms with Crippen molar-refractivity contribution in [2.45, 2.75) is 44.4 Å². The van der Waals surface area contributed by atoms with E-state index in [2.05, 4.69) is 0 Å². The van der Waals surface area contributed by atoms with Crippen molar-refractivity contribution in [3.8, 4) is 0 Å². The van der Waals surface area contributed by atoms with Gasteiger partial charge in [0, 0.05) is 6.42 Å². The summed E-state index contributed by atoms with van der Waals surface area (Å²) >= 11 is 0. The number of halogens is 2. The Bertz CT molecular complexity index is 186. The number of carboxylic acids is 1. The maximum atomic E-state index is 12.6. The molecule has 0 amide bonds. The summed E-state index contributed by atoms with van der Waals surface area (Å²) in [6, 6.07) is 0. The molecule has 0 aromatic rings. The van der Waals surface area contributed by atoms with Crippen LogP contribution in [-0.2, 0) is 4.79 Å². The molecule has 0 aromatic heterocycles. The highest BCUT2D eigenvalue weighted by molar-refractivity contribution is 5.75. The number of carbonyl (C=O) groups is 1. The Kier molecular flexibility index (Phi) is 3.22. The van der Waals surface area contributed by atoms with Crippen molar-refractivity contribution in [2.24, 2.45) is 5.92 Å². The zero-order chi connectivity index (χ0) is 9.90. The minimum atomic E-state index is -3.53. The fourth-order valence-corrected chi connectivity index (χ4v) is 1.79. The normalized spacial score (nSPS) is 19.2. The molecule has 0 atom stereocenters. The van der Waals surface area contributed by atoms with Gasteiger partial charge in [-0.3, -0.25) is 0 Å². The molecular formula is C9H14F2O2. The summed E-state index contributed by atoms with van der Waals surface area (Å²) in [7, 11) is 0. The number of rotatable bonds is 4. The highest BCUT2D eigenvalue weighted by Gasteiger charge is 2.38. The molecule has 1 aliphatic carbocycles. The van der Waals surface area contributed by atoms with Crippen LogP contribution in [0.25, 0.3) is 0 Å². The molecule has 0 aromatic carbocycles. The van der Waals surface area contributed by atoms with Crippen LogP contribution in [0.15, 0.2) is 0 Å². The number of alkyl halides is 2. The van der Waals surface area contributed by atoms with Crippen molar-refractivity contribution in [1.82, 2.24) is 0 Å². The standard InChI is InChI=1S/C9H14F2O2/c10-9(11,8(12)13)6-5-7-3-1-2-4-7/h7H,1-6H2,(H,12,13). The minimum Gasteiger partial charge on any atom is -0.477 e. The van der Waals surface area contributed by atoms with E-state index in [1.807, 2.05) is 0 Å². The first kappa shape index (κ1) is 10.4. The Hall–Kier alpha value is -0.670. The van der Waals surface area contributed by atoms with E-state index in [1.54, 1.807) is 0 Å². The highest BCUT2D eigenvalue weighted by atomic mass is 19.3. The monoisotopic (exact) mass is 192 g/mol. The fourth-order valence-electron chi connectivity index (χ4n) is 1.79. The molecule has 76 valence electrons. The zero-order valence-corrected chi connectivity index (χ0v) is 7.43. The highest BCUT2D eigenvalue weighted by Crippen LogP contribution is 2.32. The molecule has 0 unspecified atom stereocenters. The van der Waals surface area contributed by atoms with E-state index in [0.29, 0.717) is 12.3 Å². The van der Waals surface area contributed by atoms with Gasteiger partial charge in [0.15, 0.2) is 0 Å². The lowest BCUT2D eigenvalue weighted by molar-refractivity contribution is -0.166. The summed E-state index contributed by atoms with van der Waals surface area (Å²) in [5.41, 5.74) is 0. The third-order valence-corrected chi connectivity index (χ3v) is 2.65. The zero-order valence-electron chi connectivity index (χ0n) is 7.43. The van der Waals surface area contributed by atoms with E-state index in [9.17, 15) is 13.6 Å². The van der Waals surface area contributed by atoms with Crippen LogP contribution in [0.5, 0.6) is 0 Å². The third kappa shape index (κ3) is 2.94. The van der Waals surface area contributed by atoms with Crippen molar-refractivity contribution in [2.75, 3.05) is 0 Å². The van der Waals surface area contributed by atoms with Crippen molar-refractivity contribution in [3.05, 3.63) is 0 Å². The summed E-state index contributed by atoms with van der Waals surface area (Å²) in [6.45, 7) is 0. The van der Waals surface area contributed by atoms with Gasteiger partial charge < -0.3 is 5.11 Å². The topological polar surface area (TPSA) is 37.3 Å². The molecule has 0 aliphatic heterocycles. The fraction of sp³-hybridized carbons (Fsp3) is 0.889. The first-order chi connectivity index (χ1) is 6.02. The summed E-state index contributed by atoms with van der Waals surface area (Å²) < 4.78 is 25.2. The molecule has 1 saturated carbocycles. The van der Waals surface area contributed by atoms with Gasteiger partial charge >= 0.3 is 11.9 Å². The van der Waals surface area contributed by atoms with Gasteiger partial charge in [0.05, 0.1) is 0 Å². The number of carboxylic acid groups (broad SMARTS) is 1. The molecule has 13 heavy (non-hydrogen) atoms. The Balaban J connectivity index is 2.28. The molecule has 0 spiro atoms. The largest absolute Gasteiger partial charge is 0.477 e. The maximum absolute atomic E-state index is 12.6. The van der Waals surface area contributed by atoms with E-state index in [0.717, 1.165) is 25.7 Å². The van der Waals surface area contributed by atoms with Crippen molar-refractivity contribution in [1.29, 1.82) is 0 Å². The third-order valence-electron chi connectivity index (χ3n) is 2.65. The molecular weight excluding hydrogens is 178 g/mol. The summed E-state index contributed by atoms with van der Waals surface area (Å²) in [4.78, 5) is 10.1. The van der Waals surface area contributed by atoms with Crippen molar-refractivity contribution in [3.63, 3.8) is 0 Å². The molecule has 1 rings (SSSR count). The molecule has 2 nitrogen and oxygen atoms in total. The minimum absolute atomic E-state index is 0.324. The lowest BCUT2D eigenvalue weighted by atomic mass is 9.99. The molecule has 0 bridgehead atoms. The molecule has 1 fully saturated rings. The van der Waals surface area contributed by atoms with Crippen LogP contribution in [0.1, 0.15) is 38.5 Å². The van der Waals surface area contributed by atoms with Gasteiger partial charge in [0.2, 0.25) is 0 Å². The smallest absolute Gasteiger partial charge is 0.374 e. The first-order valence-corrected chi connectivity index (χ1v) is 4.63. The molecule has 0 radical (unpaired) electrons.